The second-order valence-corrected chi connectivity index (χ2v) is 10.4. The minimum Gasteiger partial charge on any atom is -0.393 e. The van der Waals surface area contributed by atoms with Crippen LogP contribution in [0, 0.1) is 17.6 Å². The van der Waals surface area contributed by atoms with Gasteiger partial charge in [0.05, 0.1) is 23.6 Å². The van der Waals surface area contributed by atoms with E-state index in [1.807, 2.05) is 18.4 Å². The van der Waals surface area contributed by atoms with Crippen LogP contribution in [-0.2, 0) is 0 Å². The quantitative estimate of drug-likeness (QED) is 0.401. The van der Waals surface area contributed by atoms with Gasteiger partial charge in [0.2, 0.25) is 11.9 Å². The second-order valence-electron chi connectivity index (χ2n) is 10.4. The lowest BCUT2D eigenvalue weighted by Gasteiger charge is -2.26. The minimum atomic E-state index is -0.810. The molecule has 0 spiro atoms. The molecule has 10 heteroatoms. The molecule has 2 heterocycles. The van der Waals surface area contributed by atoms with Crippen LogP contribution in [0.3, 0.4) is 0 Å². The summed E-state index contributed by atoms with van der Waals surface area (Å²) in [6.45, 7) is 3.65. The van der Waals surface area contributed by atoms with Crippen molar-refractivity contribution in [1.29, 1.82) is 0 Å². The van der Waals surface area contributed by atoms with Gasteiger partial charge in [-0.3, -0.25) is 4.57 Å². The minimum absolute atomic E-state index is 0.00462. The Morgan fingerprint density at radius 3 is 2.51 bits per heavy atom. The number of imidazole rings is 1. The molecule has 5 rings (SSSR count). The van der Waals surface area contributed by atoms with Gasteiger partial charge in [-0.1, -0.05) is 0 Å². The van der Waals surface area contributed by atoms with Gasteiger partial charge >= 0.3 is 0 Å². The summed E-state index contributed by atoms with van der Waals surface area (Å²) in [6, 6.07) is 3.55. The largest absolute Gasteiger partial charge is 0.393 e. The summed E-state index contributed by atoms with van der Waals surface area (Å²) in [7, 11) is 0. The Labute approximate surface area is 202 Å². The first kappa shape index (κ1) is 23.9. The van der Waals surface area contributed by atoms with E-state index in [4.69, 9.17) is 4.98 Å². The van der Waals surface area contributed by atoms with E-state index < -0.39 is 17.2 Å². The number of halogens is 2. The van der Waals surface area contributed by atoms with Crippen molar-refractivity contribution < 1.29 is 19.0 Å². The monoisotopic (exact) mass is 486 g/mol. The number of hydrogen-bond donors (Lipinski definition) is 4. The fourth-order valence-electron chi connectivity index (χ4n) is 5.34. The molecule has 8 nitrogen and oxygen atoms in total. The van der Waals surface area contributed by atoms with Crippen molar-refractivity contribution in [3.63, 3.8) is 0 Å². The van der Waals surface area contributed by atoms with Crippen molar-refractivity contribution in [2.45, 2.75) is 82.6 Å². The number of hydrogen-bond acceptors (Lipinski definition) is 7. The van der Waals surface area contributed by atoms with Crippen molar-refractivity contribution in [1.82, 2.24) is 19.5 Å². The SMILES string of the molecule is CC(C)(O)C1CC[C@H](n2c(Nc3ccc(F)cc3F)nc3cnc(NC4CCC(O)CC4)nc32)C1. The smallest absolute Gasteiger partial charge is 0.224 e. The summed E-state index contributed by atoms with van der Waals surface area (Å²) in [5, 5.41) is 26.8. The lowest BCUT2D eigenvalue weighted by Crippen LogP contribution is -2.29. The van der Waals surface area contributed by atoms with Gasteiger partial charge in [-0.15, -0.1) is 0 Å². The summed E-state index contributed by atoms with van der Waals surface area (Å²) in [5.41, 5.74) is 0.484. The Morgan fingerprint density at radius 1 is 1.06 bits per heavy atom. The van der Waals surface area contributed by atoms with E-state index in [1.54, 1.807) is 6.20 Å². The summed E-state index contributed by atoms with van der Waals surface area (Å²) in [6.07, 6.45) is 6.96. The molecule has 2 aromatic heterocycles. The predicted octanol–water partition coefficient (Wildman–Crippen LogP) is 4.68. The van der Waals surface area contributed by atoms with Gasteiger partial charge < -0.3 is 20.8 Å². The van der Waals surface area contributed by atoms with Gasteiger partial charge in [0, 0.05) is 18.2 Å². The number of aromatic nitrogens is 4. The highest BCUT2D eigenvalue weighted by molar-refractivity contribution is 5.76. The van der Waals surface area contributed by atoms with Crippen LogP contribution in [0.2, 0.25) is 0 Å². The lowest BCUT2D eigenvalue weighted by molar-refractivity contribution is 0.0186. The molecule has 4 N–H and O–H groups in total. The second kappa shape index (κ2) is 9.31. The zero-order valence-electron chi connectivity index (χ0n) is 20.0. The van der Waals surface area contributed by atoms with Crippen LogP contribution >= 0.6 is 0 Å². The molecule has 35 heavy (non-hydrogen) atoms. The summed E-state index contributed by atoms with van der Waals surface area (Å²) >= 11 is 0. The molecule has 2 atom stereocenters. The third kappa shape index (κ3) is 5.08. The van der Waals surface area contributed by atoms with Crippen LogP contribution in [0.25, 0.3) is 11.2 Å². The first-order valence-corrected chi connectivity index (χ1v) is 12.3. The Bertz CT molecular complexity index is 1200. The number of aliphatic hydroxyl groups excluding tert-OH is 1. The van der Waals surface area contributed by atoms with Crippen molar-refractivity contribution in [2.24, 2.45) is 5.92 Å². The zero-order valence-corrected chi connectivity index (χ0v) is 20.0. The van der Waals surface area contributed by atoms with Crippen molar-refractivity contribution >= 4 is 28.7 Å². The molecule has 3 aromatic rings. The average Bonchev–Trinajstić information content (AvgIpc) is 3.41. The van der Waals surface area contributed by atoms with Crippen molar-refractivity contribution in [3.05, 3.63) is 36.0 Å². The Hall–Kier alpha value is -2.85. The molecule has 2 aliphatic rings. The highest BCUT2D eigenvalue weighted by atomic mass is 19.1. The number of nitrogens with zero attached hydrogens (tertiary/aromatic N) is 4. The van der Waals surface area contributed by atoms with E-state index in [0.29, 0.717) is 23.1 Å². The van der Waals surface area contributed by atoms with E-state index in [1.165, 1.54) is 12.1 Å². The maximum atomic E-state index is 14.4. The molecule has 2 saturated carbocycles. The first-order valence-electron chi connectivity index (χ1n) is 12.3. The normalized spacial score (nSPS) is 25.2. The summed E-state index contributed by atoms with van der Waals surface area (Å²) in [4.78, 5) is 13.9. The van der Waals surface area contributed by atoms with Crippen LogP contribution in [-0.4, -0.2) is 47.5 Å². The van der Waals surface area contributed by atoms with Crippen LogP contribution in [0.5, 0.6) is 0 Å². The number of anilines is 3. The first-order chi connectivity index (χ1) is 16.7. The molecular formula is C25H32F2N6O2. The number of benzene rings is 1. The van der Waals surface area contributed by atoms with Crippen LogP contribution < -0.4 is 10.6 Å². The molecule has 0 amide bonds. The lowest BCUT2D eigenvalue weighted by atomic mass is 9.89. The molecule has 1 aromatic carbocycles. The van der Waals surface area contributed by atoms with E-state index in [9.17, 15) is 19.0 Å². The van der Waals surface area contributed by atoms with Gasteiger partial charge in [-0.2, -0.15) is 4.98 Å². The summed E-state index contributed by atoms with van der Waals surface area (Å²) in [5.74, 6) is -0.372. The van der Waals surface area contributed by atoms with E-state index in [2.05, 4.69) is 20.6 Å². The molecule has 0 bridgehead atoms. The maximum Gasteiger partial charge on any atom is 0.224 e. The van der Waals surface area contributed by atoms with E-state index in [-0.39, 0.29) is 29.8 Å². The van der Waals surface area contributed by atoms with Gasteiger partial charge in [-0.25, -0.2) is 18.7 Å². The zero-order chi connectivity index (χ0) is 24.7. The van der Waals surface area contributed by atoms with Gasteiger partial charge in [0.15, 0.2) is 5.65 Å². The number of nitrogens with one attached hydrogen (secondary N) is 2. The predicted molar refractivity (Wildman–Crippen MR) is 130 cm³/mol. The Balaban J connectivity index is 1.50. The molecular weight excluding hydrogens is 454 g/mol. The van der Waals surface area contributed by atoms with E-state index in [0.717, 1.165) is 51.0 Å². The maximum absolute atomic E-state index is 14.4. The molecule has 1 unspecified atom stereocenters. The highest BCUT2D eigenvalue weighted by Gasteiger charge is 2.37. The fourth-order valence-corrected chi connectivity index (χ4v) is 5.34. The Morgan fingerprint density at radius 2 is 1.83 bits per heavy atom. The topological polar surface area (TPSA) is 108 Å². The number of aliphatic hydroxyl groups is 2. The number of fused-ring (bicyclic) bond motifs is 1. The average molecular weight is 487 g/mol. The molecule has 2 fully saturated rings. The molecule has 0 radical (unpaired) electrons. The van der Waals surface area contributed by atoms with Gasteiger partial charge in [-0.05, 0) is 76.8 Å². The molecule has 2 aliphatic carbocycles. The van der Waals surface area contributed by atoms with E-state index >= 15 is 0 Å². The van der Waals surface area contributed by atoms with Crippen LogP contribution in [0.4, 0.5) is 26.4 Å². The molecule has 0 saturated heterocycles. The molecule has 0 aliphatic heterocycles. The van der Waals surface area contributed by atoms with Gasteiger partial charge in [0.1, 0.15) is 17.2 Å². The third-order valence-electron chi connectivity index (χ3n) is 7.41. The Kier molecular flexibility index (Phi) is 6.35. The van der Waals surface area contributed by atoms with Gasteiger partial charge in [0.25, 0.3) is 0 Å². The summed E-state index contributed by atoms with van der Waals surface area (Å²) < 4.78 is 29.8. The number of rotatable bonds is 6. The highest BCUT2D eigenvalue weighted by Crippen LogP contribution is 2.43. The standard InChI is InChI=1S/C25H32F2N6O2/c1-25(2,35)14-3-7-17(11-14)33-22-21(31-24(33)30-20-10-4-15(26)12-19(20)27)13-28-23(32-22)29-16-5-8-18(34)9-6-16/h4,10,12-14,16-18,34-35H,3,5-9,11H2,1-2H3,(H,30,31)(H,28,29,32)/t14?,16?,17-,18?/m0/s1. The van der Waals surface area contributed by atoms with Crippen molar-refractivity contribution in [2.75, 3.05) is 10.6 Å². The van der Waals surface area contributed by atoms with Crippen molar-refractivity contribution in [3.8, 4) is 0 Å². The van der Waals surface area contributed by atoms with Crippen LogP contribution in [0.15, 0.2) is 24.4 Å². The third-order valence-corrected chi connectivity index (χ3v) is 7.41. The fraction of sp³-hybridized carbons (Fsp3) is 0.560. The van der Waals surface area contributed by atoms with Crippen LogP contribution in [0.1, 0.15) is 64.8 Å². The molecule has 188 valence electrons.